The summed E-state index contributed by atoms with van der Waals surface area (Å²) < 4.78 is 14.5. The molecule has 0 spiro atoms. The lowest BCUT2D eigenvalue weighted by Gasteiger charge is -2.07. The molecule has 2 N–H and O–H groups in total. The number of aryl methyl sites for hydroxylation is 1. The van der Waals surface area contributed by atoms with E-state index in [1.165, 1.54) is 0 Å². The Hall–Kier alpha value is -0.410. The SMILES string of the molecule is Cc1ccc(Br)c(CCCCN)c1F. The Bertz CT molecular complexity index is 312. The topological polar surface area (TPSA) is 26.0 Å². The van der Waals surface area contributed by atoms with Gasteiger partial charge in [-0.15, -0.1) is 0 Å². The summed E-state index contributed by atoms with van der Waals surface area (Å²) in [6.45, 7) is 2.46. The molecule has 0 aliphatic rings. The Kier molecular flexibility index (Phi) is 4.55. The van der Waals surface area contributed by atoms with Crippen LogP contribution in [-0.2, 0) is 6.42 Å². The summed E-state index contributed by atoms with van der Waals surface area (Å²) in [5.41, 5.74) is 6.87. The maximum Gasteiger partial charge on any atom is 0.130 e. The van der Waals surface area contributed by atoms with Crippen LogP contribution >= 0.6 is 15.9 Å². The molecule has 1 rings (SSSR count). The average molecular weight is 260 g/mol. The number of rotatable bonds is 4. The quantitative estimate of drug-likeness (QED) is 0.827. The highest BCUT2D eigenvalue weighted by Crippen LogP contribution is 2.23. The minimum atomic E-state index is -0.0867. The van der Waals surface area contributed by atoms with Gasteiger partial charge in [-0.05, 0) is 44.4 Å². The fraction of sp³-hybridized carbons (Fsp3) is 0.455. The Morgan fingerprint density at radius 3 is 2.71 bits per heavy atom. The highest BCUT2D eigenvalue weighted by Gasteiger charge is 2.08. The van der Waals surface area contributed by atoms with E-state index < -0.39 is 0 Å². The monoisotopic (exact) mass is 259 g/mol. The molecule has 0 bridgehead atoms. The van der Waals surface area contributed by atoms with E-state index in [1.807, 2.05) is 6.07 Å². The maximum absolute atomic E-state index is 13.6. The van der Waals surface area contributed by atoms with E-state index in [9.17, 15) is 4.39 Å². The van der Waals surface area contributed by atoms with Crippen molar-refractivity contribution in [1.29, 1.82) is 0 Å². The second-order valence-corrected chi connectivity index (χ2v) is 4.26. The van der Waals surface area contributed by atoms with Crippen LogP contribution in [0.5, 0.6) is 0 Å². The zero-order valence-electron chi connectivity index (χ0n) is 8.32. The van der Waals surface area contributed by atoms with Gasteiger partial charge < -0.3 is 5.73 Å². The lowest BCUT2D eigenvalue weighted by Crippen LogP contribution is -2.01. The number of benzene rings is 1. The summed E-state index contributed by atoms with van der Waals surface area (Å²) in [5, 5.41) is 0. The van der Waals surface area contributed by atoms with Crippen LogP contribution in [0.25, 0.3) is 0 Å². The molecule has 0 fully saturated rings. The molecule has 0 heterocycles. The summed E-state index contributed by atoms with van der Waals surface area (Å²) in [5.74, 6) is -0.0867. The summed E-state index contributed by atoms with van der Waals surface area (Å²) in [7, 11) is 0. The first-order valence-electron chi connectivity index (χ1n) is 4.80. The molecule has 0 saturated carbocycles. The molecule has 14 heavy (non-hydrogen) atoms. The van der Waals surface area contributed by atoms with E-state index in [2.05, 4.69) is 15.9 Å². The van der Waals surface area contributed by atoms with Gasteiger partial charge >= 0.3 is 0 Å². The van der Waals surface area contributed by atoms with E-state index >= 15 is 0 Å². The van der Waals surface area contributed by atoms with Crippen LogP contribution in [0, 0.1) is 12.7 Å². The molecular formula is C11H15BrFN. The largest absolute Gasteiger partial charge is 0.330 e. The number of unbranched alkanes of at least 4 members (excludes halogenated alkanes) is 1. The van der Waals surface area contributed by atoms with Crippen LogP contribution < -0.4 is 5.73 Å². The average Bonchev–Trinajstić information content (AvgIpc) is 2.18. The zero-order chi connectivity index (χ0) is 10.6. The van der Waals surface area contributed by atoms with Crippen molar-refractivity contribution >= 4 is 15.9 Å². The van der Waals surface area contributed by atoms with Crippen LogP contribution in [0.4, 0.5) is 4.39 Å². The highest BCUT2D eigenvalue weighted by atomic mass is 79.9. The minimum Gasteiger partial charge on any atom is -0.330 e. The fourth-order valence-corrected chi connectivity index (χ4v) is 1.89. The third-order valence-corrected chi connectivity index (χ3v) is 3.00. The minimum absolute atomic E-state index is 0.0867. The van der Waals surface area contributed by atoms with Crippen LogP contribution in [0.2, 0.25) is 0 Å². The molecule has 78 valence electrons. The summed E-state index contributed by atoms with van der Waals surface area (Å²) in [6.07, 6.45) is 2.64. The van der Waals surface area contributed by atoms with Crippen molar-refractivity contribution in [2.45, 2.75) is 26.2 Å². The third kappa shape index (κ3) is 2.79. The molecule has 0 amide bonds. The lowest BCUT2D eigenvalue weighted by atomic mass is 10.0. The van der Waals surface area contributed by atoms with E-state index in [-0.39, 0.29) is 5.82 Å². The Balaban J connectivity index is 2.79. The van der Waals surface area contributed by atoms with Crippen molar-refractivity contribution in [3.63, 3.8) is 0 Å². The van der Waals surface area contributed by atoms with Gasteiger partial charge in [-0.1, -0.05) is 22.0 Å². The molecule has 0 aliphatic carbocycles. The smallest absolute Gasteiger partial charge is 0.130 e. The second-order valence-electron chi connectivity index (χ2n) is 3.40. The van der Waals surface area contributed by atoms with Gasteiger partial charge in [0.2, 0.25) is 0 Å². The molecule has 0 aromatic heterocycles. The van der Waals surface area contributed by atoms with Crippen molar-refractivity contribution in [3.05, 3.63) is 33.5 Å². The fourth-order valence-electron chi connectivity index (χ4n) is 1.39. The van der Waals surface area contributed by atoms with E-state index in [1.54, 1.807) is 13.0 Å². The predicted molar refractivity (Wildman–Crippen MR) is 60.8 cm³/mol. The van der Waals surface area contributed by atoms with Crippen molar-refractivity contribution < 1.29 is 4.39 Å². The van der Waals surface area contributed by atoms with Gasteiger partial charge in [-0.25, -0.2) is 4.39 Å². The number of nitrogens with two attached hydrogens (primary N) is 1. The normalized spacial score (nSPS) is 10.6. The van der Waals surface area contributed by atoms with E-state index in [0.29, 0.717) is 12.1 Å². The molecule has 0 radical (unpaired) electrons. The Morgan fingerprint density at radius 1 is 1.36 bits per heavy atom. The first-order chi connectivity index (χ1) is 6.66. The van der Waals surface area contributed by atoms with Gasteiger partial charge in [0.05, 0.1) is 0 Å². The summed E-state index contributed by atoms with van der Waals surface area (Å²) in [4.78, 5) is 0. The molecule has 0 aliphatic heterocycles. The standard InChI is InChI=1S/C11H15BrFN/c1-8-5-6-10(12)9(11(8)13)4-2-3-7-14/h5-6H,2-4,7,14H2,1H3. The molecule has 0 saturated heterocycles. The Labute approximate surface area is 92.6 Å². The summed E-state index contributed by atoms with van der Waals surface area (Å²) >= 11 is 3.36. The third-order valence-electron chi connectivity index (χ3n) is 2.26. The molecular weight excluding hydrogens is 245 g/mol. The van der Waals surface area contributed by atoms with Crippen molar-refractivity contribution in [2.24, 2.45) is 5.73 Å². The van der Waals surface area contributed by atoms with E-state index in [4.69, 9.17) is 5.73 Å². The van der Waals surface area contributed by atoms with Gasteiger partial charge in [0, 0.05) is 10.0 Å². The molecule has 0 unspecified atom stereocenters. The van der Waals surface area contributed by atoms with Crippen LogP contribution in [0.15, 0.2) is 16.6 Å². The van der Waals surface area contributed by atoms with Gasteiger partial charge in [0.25, 0.3) is 0 Å². The van der Waals surface area contributed by atoms with E-state index in [0.717, 1.165) is 29.3 Å². The maximum atomic E-state index is 13.6. The second kappa shape index (κ2) is 5.47. The number of halogens is 2. The zero-order valence-corrected chi connectivity index (χ0v) is 9.90. The van der Waals surface area contributed by atoms with Gasteiger partial charge in [0.15, 0.2) is 0 Å². The van der Waals surface area contributed by atoms with Crippen LogP contribution in [0.3, 0.4) is 0 Å². The Morgan fingerprint density at radius 2 is 2.07 bits per heavy atom. The van der Waals surface area contributed by atoms with Gasteiger partial charge in [0.1, 0.15) is 5.82 Å². The van der Waals surface area contributed by atoms with Crippen molar-refractivity contribution in [1.82, 2.24) is 0 Å². The molecule has 0 atom stereocenters. The molecule has 1 nitrogen and oxygen atoms in total. The lowest BCUT2D eigenvalue weighted by molar-refractivity contribution is 0.591. The van der Waals surface area contributed by atoms with Crippen LogP contribution in [-0.4, -0.2) is 6.54 Å². The number of hydrogen-bond acceptors (Lipinski definition) is 1. The molecule has 1 aromatic carbocycles. The van der Waals surface area contributed by atoms with Crippen molar-refractivity contribution in [3.8, 4) is 0 Å². The highest BCUT2D eigenvalue weighted by molar-refractivity contribution is 9.10. The molecule has 1 aromatic rings. The first kappa shape index (κ1) is 11.7. The van der Waals surface area contributed by atoms with Crippen LogP contribution in [0.1, 0.15) is 24.0 Å². The predicted octanol–water partition coefficient (Wildman–Crippen LogP) is 3.18. The van der Waals surface area contributed by atoms with Crippen molar-refractivity contribution in [2.75, 3.05) is 6.54 Å². The first-order valence-corrected chi connectivity index (χ1v) is 5.59. The van der Waals surface area contributed by atoms with Gasteiger partial charge in [-0.3, -0.25) is 0 Å². The molecule has 3 heteroatoms. The number of hydrogen-bond donors (Lipinski definition) is 1. The van der Waals surface area contributed by atoms with Gasteiger partial charge in [-0.2, -0.15) is 0 Å². The summed E-state index contributed by atoms with van der Waals surface area (Å²) in [6, 6.07) is 3.68.